The predicted molar refractivity (Wildman–Crippen MR) is 40.6 cm³/mol. The summed E-state index contributed by atoms with van der Waals surface area (Å²) in [5, 5.41) is 2.94. The highest BCUT2D eigenvalue weighted by Crippen LogP contribution is 2.29. The summed E-state index contributed by atoms with van der Waals surface area (Å²) in [6.45, 7) is 6.02. The van der Waals surface area contributed by atoms with Crippen LogP contribution in [-0.2, 0) is 4.79 Å². The number of hydrogen-bond donors (Lipinski definition) is 1. The highest BCUT2D eigenvalue weighted by atomic mass is 16.2. The molecule has 58 valence electrons. The first-order valence-corrected chi connectivity index (χ1v) is 3.81. The zero-order valence-electron chi connectivity index (χ0n) is 6.90. The minimum absolute atomic E-state index is 0.0559. The Morgan fingerprint density at radius 2 is 1.90 bits per heavy atom. The third-order valence-corrected chi connectivity index (χ3v) is 1.45. The largest absolute Gasteiger partial charge is 0.351 e. The molecular weight excluding hydrogens is 126 g/mol. The molecule has 1 aliphatic carbocycles. The van der Waals surface area contributed by atoms with Gasteiger partial charge in [-0.2, -0.15) is 0 Å². The van der Waals surface area contributed by atoms with Gasteiger partial charge in [-0.15, -0.1) is 0 Å². The van der Waals surface area contributed by atoms with E-state index in [2.05, 4.69) is 5.32 Å². The fourth-order valence-corrected chi connectivity index (χ4v) is 0.817. The summed E-state index contributed by atoms with van der Waals surface area (Å²) in [5.41, 5.74) is -0.0559. The van der Waals surface area contributed by atoms with Gasteiger partial charge in [0.15, 0.2) is 0 Å². The van der Waals surface area contributed by atoms with E-state index in [9.17, 15) is 4.79 Å². The van der Waals surface area contributed by atoms with E-state index in [1.165, 1.54) is 0 Å². The quantitative estimate of drug-likeness (QED) is 0.586. The number of nitrogens with one attached hydrogen (secondary N) is 1. The number of amides is 1. The molecule has 1 saturated carbocycles. The molecule has 1 N–H and O–H groups in total. The molecule has 1 amide bonds. The van der Waals surface area contributed by atoms with E-state index in [0.717, 1.165) is 12.8 Å². The van der Waals surface area contributed by atoms with Crippen LogP contribution in [0.2, 0.25) is 0 Å². The van der Waals surface area contributed by atoms with E-state index in [0.29, 0.717) is 5.92 Å². The van der Waals surface area contributed by atoms with Crippen LogP contribution in [0.4, 0.5) is 0 Å². The predicted octanol–water partition coefficient (Wildman–Crippen LogP) is 1.31. The maximum absolute atomic E-state index is 11.1. The lowest BCUT2D eigenvalue weighted by Crippen LogP contribution is -2.41. The Morgan fingerprint density at radius 3 is 2.20 bits per heavy atom. The summed E-state index contributed by atoms with van der Waals surface area (Å²) in [7, 11) is 0. The highest BCUT2D eigenvalue weighted by Gasteiger charge is 2.31. The summed E-state index contributed by atoms with van der Waals surface area (Å²) in [5.74, 6) is 0.562. The van der Waals surface area contributed by atoms with Crippen LogP contribution in [0.5, 0.6) is 0 Å². The van der Waals surface area contributed by atoms with E-state index in [4.69, 9.17) is 0 Å². The van der Waals surface area contributed by atoms with Gasteiger partial charge in [0, 0.05) is 11.5 Å². The first-order chi connectivity index (χ1) is 4.49. The first kappa shape index (κ1) is 7.58. The van der Waals surface area contributed by atoms with Crippen molar-refractivity contribution >= 4 is 5.91 Å². The van der Waals surface area contributed by atoms with Gasteiger partial charge in [-0.1, -0.05) is 0 Å². The average molecular weight is 141 g/mol. The van der Waals surface area contributed by atoms with Crippen molar-refractivity contribution in [3.05, 3.63) is 0 Å². The lowest BCUT2D eigenvalue weighted by molar-refractivity contribution is -0.123. The second kappa shape index (κ2) is 2.26. The SMILES string of the molecule is CC(C)(C)NC(=O)C1CC1. The van der Waals surface area contributed by atoms with Gasteiger partial charge in [-0.25, -0.2) is 0 Å². The number of carbonyl (C=O) groups is 1. The number of carbonyl (C=O) groups excluding carboxylic acids is 1. The van der Waals surface area contributed by atoms with E-state index < -0.39 is 0 Å². The zero-order chi connectivity index (χ0) is 7.78. The third-order valence-electron chi connectivity index (χ3n) is 1.45. The second-order valence-electron chi connectivity index (χ2n) is 4.01. The van der Waals surface area contributed by atoms with Crippen LogP contribution in [0, 0.1) is 5.92 Å². The van der Waals surface area contributed by atoms with Crippen LogP contribution in [0.25, 0.3) is 0 Å². The average Bonchev–Trinajstić information content (AvgIpc) is 2.35. The van der Waals surface area contributed by atoms with Crippen molar-refractivity contribution in [2.24, 2.45) is 5.92 Å². The molecule has 2 nitrogen and oxygen atoms in total. The Balaban J connectivity index is 2.30. The van der Waals surface area contributed by atoms with Gasteiger partial charge in [0.1, 0.15) is 0 Å². The molecular formula is C8H15NO. The zero-order valence-corrected chi connectivity index (χ0v) is 6.90. The summed E-state index contributed by atoms with van der Waals surface area (Å²) in [6, 6.07) is 0. The minimum Gasteiger partial charge on any atom is -0.351 e. The Bertz CT molecular complexity index is 142. The van der Waals surface area contributed by atoms with Crippen LogP contribution in [0.1, 0.15) is 33.6 Å². The lowest BCUT2D eigenvalue weighted by atomic mass is 10.1. The van der Waals surface area contributed by atoms with Gasteiger partial charge in [0.25, 0.3) is 0 Å². The van der Waals surface area contributed by atoms with Gasteiger partial charge in [-0.05, 0) is 33.6 Å². The summed E-state index contributed by atoms with van der Waals surface area (Å²) >= 11 is 0. The number of rotatable bonds is 1. The van der Waals surface area contributed by atoms with E-state index in [1.807, 2.05) is 20.8 Å². The molecule has 0 aromatic rings. The Kier molecular flexibility index (Phi) is 1.71. The summed E-state index contributed by atoms with van der Waals surface area (Å²) < 4.78 is 0. The maximum atomic E-state index is 11.1. The van der Waals surface area contributed by atoms with Crippen molar-refractivity contribution in [2.45, 2.75) is 39.2 Å². The first-order valence-electron chi connectivity index (χ1n) is 3.81. The van der Waals surface area contributed by atoms with Crippen LogP contribution < -0.4 is 5.32 Å². The van der Waals surface area contributed by atoms with Crippen molar-refractivity contribution in [2.75, 3.05) is 0 Å². The van der Waals surface area contributed by atoms with Gasteiger partial charge in [-0.3, -0.25) is 4.79 Å². The molecule has 10 heavy (non-hydrogen) atoms. The summed E-state index contributed by atoms with van der Waals surface area (Å²) in [6.07, 6.45) is 2.17. The molecule has 1 rings (SSSR count). The van der Waals surface area contributed by atoms with Crippen molar-refractivity contribution in [3.8, 4) is 0 Å². The fraction of sp³-hybridized carbons (Fsp3) is 0.875. The Labute approximate surface area is 62.0 Å². The van der Waals surface area contributed by atoms with Gasteiger partial charge >= 0.3 is 0 Å². The van der Waals surface area contributed by atoms with Gasteiger partial charge < -0.3 is 5.32 Å². The lowest BCUT2D eigenvalue weighted by Gasteiger charge is -2.20. The minimum atomic E-state index is -0.0559. The van der Waals surface area contributed by atoms with Gasteiger partial charge in [0.05, 0.1) is 0 Å². The molecule has 2 heteroatoms. The van der Waals surface area contributed by atoms with Crippen molar-refractivity contribution in [1.82, 2.24) is 5.32 Å². The molecule has 1 aliphatic rings. The second-order valence-corrected chi connectivity index (χ2v) is 4.01. The normalized spacial score (nSPS) is 18.7. The van der Waals surface area contributed by atoms with Crippen molar-refractivity contribution in [3.63, 3.8) is 0 Å². The molecule has 0 bridgehead atoms. The monoisotopic (exact) mass is 141 g/mol. The molecule has 0 radical (unpaired) electrons. The third kappa shape index (κ3) is 2.38. The molecule has 0 atom stereocenters. The smallest absolute Gasteiger partial charge is 0.223 e. The molecule has 0 aromatic carbocycles. The maximum Gasteiger partial charge on any atom is 0.223 e. The van der Waals surface area contributed by atoms with Crippen LogP contribution in [0.15, 0.2) is 0 Å². The van der Waals surface area contributed by atoms with E-state index >= 15 is 0 Å². The summed E-state index contributed by atoms with van der Waals surface area (Å²) in [4.78, 5) is 11.1. The topological polar surface area (TPSA) is 29.1 Å². The Morgan fingerprint density at radius 1 is 1.40 bits per heavy atom. The van der Waals surface area contributed by atoms with Crippen LogP contribution >= 0.6 is 0 Å². The molecule has 0 aromatic heterocycles. The molecule has 0 unspecified atom stereocenters. The molecule has 0 saturated heterocycles. The Hall–Kier alpha value is -0.530. The van der Waals surface area contributed by atoms with Crippen molar-refractivity contribution < 1.29 is 4.79 Å². The van der Waals surface area contributed by atoms with Gasteiger partial charge in [0.2, 0.25) is 5.91 Å². The highest BCUT2D eigenvalue weighted by molar-refractivity contribution is 5.81. The fourth-order valence-electron chi connectivity index (χ4n) is 0.817. The molecule has 0 aliphatic heterocycles. The van der Waals surface area contributed by atoms with E-state index in [-0.39, 0.29) is 11.4 Å². The van der Waals surface area contributed by atoms with Crippen molar-refractivity contribution in [1.29, 1.82) is 0 Å². The van der Waals surface area contributed by atoms with Crippen LogP contribution in [0.3, 0.4) is 0 Å². The molecule has 1 fully saturated rings. The van der Waals surface area contributed by atoms with E-state index in [1.54, 1.807) is 0 Å². The standard InChI is InChI=1S/C8H15NO/c1-8(2,3)9-7(10)6-4-5-6/h6H,4-5H2,1-3H3,(H,9,10). The molecule has 0 spiro atoms. The van der Waals surface area contributed by atoms with Crippen LogP contribution in [-0.4, -0.2) is 11.4 Å². The molecule has 0 heterocycles. The number of hydrogen-bond acceptors (Lipinski definition) is 1.